The number of nitrogens with zero attached hydrogens (tertiary/aromatic N) is 2. The second-order valence-electron chi connectivity index (χ2n) is 6.46. The van der Waals surface area contributed by atoms with Gasteiger partial charge in [0.2, 0.25) is 0 Å². The highest BCUT2D eigenvalue weighted by molar-refractivity contribution is 6.02. The number of urea groups is 1. The molecular weight excluding hydrogens is 366 g/mol. The monoisotopic (exact) mass is 387 g/mol. The standard InChI is InChI=1S/C23H21N3O3/c1-28-20-12-8-17(9-13-20)7-10-19-11-14-21-22(24-19)26(15-16-29-21)23(27)25-18-5-3-2-4-6-18/h2-14H,15-16H2,1H3,(H,25,27)/b10-7+. The van der Waals surface area contributed by atoms with E-state index < -0.39 is 0 Å². The molecule has 2 heterocycles. The first-order chi connectivity index (χ1) is 14.2. The predicted octanol–water partition coefficient (Wildman–Crippen LogP) is 4.69. The molecule has 0 radical (unpaired) electrons. The van der Waals surface area contributed by atoms with Gasteiger partial charge in [0, 0.05) is 5.69 Å². The van der Waals surface area contributed by atoms with Crippen LogP contribution in [0, 0.1) is 0 Å². The van der Waals surface area contributed by atoms with Gasteiger partial charge in [0.1, 0.15) is 12.4 Å². The number of anilines is 2. The predicted molar refractivity (Wildman–Crippen MR) is 114 cm³/mol. The van der Waals surface area contributed by atoms with Gasteiger partial charge in [-0.3, -0.25) is 4.90 Å². The highest BCUT2D eigenvalue weighted by atomic mass is 16.5. The van der Waals surface area contributed by atoms with Crippen LogP contribution in [0.25, 0.3) is 12.2 Å². The fraction of sp³-hybridized carbons (Fsp3) is 0.130. The van der Waals surface area contributed by atoms with Gasteiger partial charge in [0.15, 0.2) is 11.6 Å². The minimum atomic E-state index is -0.232. The Kier molecular flexibility index (Phi) is 5.42. The second kappa shape index (κ2) is 8.48. The maximum Gasteiger partial charge on any atom is 0.327 e. The van der Waals surface area contributed by atoms with Crippen molar-refractivity contribution in [2.75, 3.05) is 30.5 Å². The smallest absolute Gasteiger partial charge is 0.327 e. The molecule has 0 spiro atoms. The number of pyridine rings is 1. The first-order valence-electron chi connectivity index (χ1n) is 9.32. The van der Waals surface area contributed by atoms with Gasteiger partial charge < -0.3 is 14.8 Å². The largest absolute Gasteiger partial charge is 0.497 e. The second-order valence-corrected chi connectivity index (χ2v) is 6.46. The van der Waals surface area contributed by atoms with E-state index in [0.29, 0.717) is 24.7 Å². The van der Waals surface area contributed by atoms with E-state index in [-0.39, 0.29) is 6.03 Å². The molecule has 0 bridgehead atoms. The third-order valence-corrected chi connectivity index (χ3v) is 4.52. The SMILES string of the molecule is COc1ccc(/C=C/c2ccc3c(n2)N(C(=O)Nc2ccccc2)CCO3)cc1. The number of methoxy groups -OCH3 is 1. The van der Waals surface area contributed by atoms with Crippen LogP contribution in [0.2, 0.25) is 0 Å². The first-order valence-corrected chi connectivity index (χ1v) is 9.32. The number of ether oxygens (including phenoxy) is 2. The highest BCUT2D eigenvalue weighted by Gasteiger charge is 2.25. The van der Waals surface area contributed by atoms with Gasteiger partial charge in [-0.25, -0.2) is 9.78 Å². The fourth-order valence-corrected chi connectivity index (χ4v) is 3.01. The number of carbonyl (C=O) groups is 1. The van der Waals surface area contributed by atoms with Crippen molar-refractivity contribution in [2.45, 2.75) is 0 Å². The zero-order valence-electron chi connectivity index (χ0n) is 16.0. The molecule has 4 rings (SSSR count). The van der Waals surface area contributed by atoms with Gasteiger partial charge in [-0.15, -0.1) is 0 Å². The maximum atomic E-state index is 12.8. The normalized spacial score (nSPS) is 12.9. The van der Waals surface area contributed by atoms with Crippen molar-refractivity contribution in [3.8, 4) is 11.5 Å². The average Bonchev–Trinajstić information content (AvgIpc) is 2.78. The Bertz CT molecular complexity index is 1020. The number of amides is 2. The molecule has 6 nitrogen and oxygen atoms in total. The van der Waals surface area contributed by atoms with Gasteiger partial charge in [-0.1, -0.05) is 36.4 Å². The molecule has 6 heteroatoms. The minimum absolute atomic E-state index is 0.232. The van der Waals surface area contributed by atoms with Crippen LogP contribution in [0.3, 0.4) is 0 Å². The van der Waals surface area contributed by atoms with Crippen LogP contribution in [0.1, 0.15) is 11.3 Å². The number of carbonyl (C=O) groups excluding carboxylic acids is 1. The van der Waals surface area contributed by atoms with Crippen molar-refractivity contribution < 1.29 is 14.3 Å². The number of aromatic nitrogens is 1. The van der Waals surface area contributed by atoms with Crippen LogP contribution in [-0.4, -0.2) is 31.3 Å². The summed E-state index contributed by atoms with van der Waals surface area (Å²) < 4.78 is 10.9. The Labute approximate surface area is 169 Å². The fourth-order valence-electron chi connectivity index (χ4n) is 3.01. The summed E-state index contributed by atoms with van der Waals surface area (Å²) in [6.45, 7) is 0.863. The van der Waals surface area contributed by atoms with Gasteiger partial charge in [-0.05, 0) is 48.0 Å². The van der Waals surface area contributed by atoms with Crippen molar-refractivity contribution >= 4 is 29.7 Å². The minimum Gasteiger partial charge on any atom is -0.497 e. The van der Waals surface area contributed by atoms with Crippen LogP contribution >= 0.6 is 0 Å². The Hall–Kier alpha value is -3.80. The molecular formula is C23H21N3O3. The highest BCUT2D eigenvalue weighted by Crippen LogP contribution is 2.30. The summed E-state index contributed by atoms with van der Waals surface area (Å²) in [6, 6.07) is 20.6. The van der Waals surface area contributed by atoms with E-state index in [1.807, 2.05) is 78.9 Å². The molecule has 2 aromatic carbocycles. The molecule has 0 saturated carbocycles. The van der Waals surface area contributed by atoms with Gasteiger partial charge >= 0.3 is 6.03 Å². The lowest BCUT2D eigenvalue weighted by Gasteiger charge is -2.28. The lowest BCUT2D eigenvalue weighted by Crippen LogP contribution is -2.41. The summed E-state index contributed by atoms with van der Waals surface area (Å²) in [5.74, 6) is 1.92. The van der Waals surface area contributed by atoms with Crippen LogP contribution in [0.5, 0.6) is 11.5 Å². The lowest BCUT2D eigenvalue weighted by atomic mass is 10.2. The van der Waals surface area contributed by atoms with E-state index in [0.717, 1.165) is 22.7 Å². The van der Waals surface area contributed by atoms with Crippen molar-refractivity contribution in [2.24, 2.45) is 0 Å². The summed E-state index contributed by atoms with van der Waals surface area (Å²) in [5, 5.41) is 2.90. The average molecular weight is 387 g/mol. The number of benzene rings is 2. The van der Waals surface area contributed by atoms with Crippen molar-refractivity contribution in [3.63, 3.8) is 0 Å². The molecule has 0 aliphatic carbocycles. The Morgan fingerprint density at radius 3 is 2.62 bits per heavy atom. The number of fused-ring (bicyclic) bond motifs is 1. The maximum absolute atomic E-state index is 12.8. The number of nitrogens with one attached hydrogen (secondary N) is 1. The van der Waals surface area contributed by atoms with Gasteiger partial charge in [0.05, 0.1) is 19.3 Å². The topological polar surface area (TPSA) is 63.7 Å². The number of hydrogen-bond donors (Lipinski definition) is 1. The first kappa shape index (κ1) is 18.6. The van der Waals surface area contributed by atoms with E-state index in [4.69, 9.17) is 9.47 Å². The van der Waals surface area contributed by atoms with Crippen LogP contribution < -0.4 is 19.7 Å². The molecule has 0 atom stereocenters. The molecule has 1 N–H and O–H groups in total. The molecule has 1 aliphatic rings. The van der Waals surface area contributed by atoms with Crippen LogP contribution in [0.4, 0.5) is 16.3 Å². The Balaban J connectivity index is 1.54. The van der Waals surface area contributed by atoms with Gasteiger partial charge in [0.25, 0.3) is 0 Å². The third-order valence-electron chi connectivity index (χ3n) is 4.52. The summed E-state index contributed by atoms with van der Waals surface area (Å²) in [7, 11) is 1.64. The number of rotatable bonds is 4. The zero-order chi connectivity index (χ0) is 20.1. The number of hydrogen-bond acceptors (Lipinski definition) is 4. The van der Waals surface area contributed by atoms with Gasteiger partial charge in [-0.2, -0.15) is 0 Å². The molecule has 0 saturated heterocycles. The van der Waals surface area contributed by atoms with Crippen molar-refractivity contribution in [1.82, 2.24) is 4.98 Å². The Morgan fingerprint density at radius 2 is 1.86 bits per heavy atom. The molecule has 1 aromatic heterocycles. The molecule has 3 aromatic rings. The van der Waals surface area contributed by atoms with Crippen LogP contribution in [0.15, 0.2) is 66.7 Å². The molecule has 2 amide bonds. The van der Waals surface area contributed by atoms with E-state index in [1.165, 1.54) is 0 Å². The van der Waals surface area contributed by atoms with Crippen LogP contribution in [-0.2, 0) is 0 Å². The van der Waals surface area contributed by atoms with E-state index >= 15 is 0 Å². The lowest BCUT2D eigenvalue weighted by molar-refractivity contribution is 0.249. The number of para-hydroxylation sites is 1. The van der Waals surface area contributed by atoms with E-state index in [2.05, 4.69) is 10.3 Å². The molecule has 0 unspecified atom stereocenters. The quantitative estimate of drug-likeness (QED) is 0.705. The third kappa shape index (κ3) is 4.38. The van der Waals surface area contributed by atoms with E-state index in [1.54, 1.807) is 12.0 Å². The molecule has 1 aliphatic heterocycles. The van der Waals surface area contributed by atoms with Crippen molar-refractivity contribution in [1.29, 1.82) is 0 Å². The summed E-state index contributed by atoms with van der Waals surface area (Å²) >= 11 is 0. The van der Waals surface area contributed by atoms with E-state index in [9.17, 15) is 4.79 Å². The molecule has 0 fully saturated rings. The summed E-state index contributed by atoms with van der Waals surface area (Å²) in [4.78, 5) is 19.0. The molecule has 146 valence electrons. The summed E-state index contributed by atoms with van der Waals surface area (Å²) in [6.07, 6.45) is 3.87. The summed E-state index contributed by atoms with van der Waals surface area (Å²) in [5.41, 5.74) is 2.50. The zero-order valence-corrected chi connectivity index (χ0v) is 16.0. The molecule has 29 heavy (non-hydrogen) atoms. The Morgan fingerprint density at radius 1 is 1.07 bits per heavy atom. The van der Waals surface area contributed by atoms with Crippen molar-refractivity contribution in [3.05, 3.63) is 78.0 Å².